The van der Waals surface area contributed by atoms with E-state index in [0.29, 0.717) is 23.9 Å². The molecule has 12 heteroatoms. The van der Waals surface area contributed by atoms with Gasteiger partial charge in [0.05, 0.1) is 40.0 Å². The van der Waals surface area contributed by atoms with E-state index in [4.69, 9.17) is 18.5 Å². The lowest BCUT2D eigenvalue weighted by atomic mass is 10.0. The molecular formula is C46H80NO10P. The SMILES string of the molecule is CCCCC/C=C\C/C=C\C/C=C\CCCCC(=O)O[C@H](COC(=O)CCCC(O)C(O)C/C=C\C/C=C\C/C=C\CCCCC)COP(=O)([O-])OCC[N+](C)(C)C. The van der Waals surface area contributed by atoms with Crippen molar-refractivity contribution in [3.63, 3.8) is 0 Å². The summed E-state index contributed by atoms with van der Waals surface area (Å²) >= 11 is 0. The fourth-order valence-corrected chi connectivity index (χ4v) is 6.02. The van der Waals surface area contributed by atoms with Crippen LogP contribution in [0.3, 0.4) is 0 Å². The molecule has 0 fully saturated rings. The monoisotopic (exact) mass is 838 g/mol. The van der Waals surface area contributed by atoms with Gasteiger partial charge in [0, 0.05) is 12.8 Å². The second-order valence-electron chi connectivity index (χ2n) is 15.7. The van der Waals surface area contributed by atoms with Crippen LogP contribution in [-0.2, 0) is 32.7 Å². The lowest BCUT2D eigenvalue weighted by Crippen LogP contribution is -2.37. The molecule has 0 aromatic carbocycles. The van der Waals surface area contributed by atoms with Crippen molar-refractivity contribution in [2.45, 2.75) is 161 Å². The number of carbonyl (C=O) groups is 2. The summed E-state index contributed by atoms with van der Waals surface area (Å²) in [7, 11) is 0.975. The van der Waals surface area contributed by atoms with Crippen molar-refractivity contribution in [1.82, 2.24) is 0 Å². The van der Waals surface area contributed by atoms with Crippen LogP contribution < -0.4 is 4.89 Å². The van der Waals surface area contributed by atoms with Gasteiger partial charge < -0.3 is 38.1 Å². The average Bonchev–Trinajstić information content (AvgIpc) is 3.17. The van der Waals surface area contributed by atoms with Gasteiger partial charge in [0.15, 0.2) is 6.10 Å². The number of carbonyl (C=O) groups excluding carboxylic acids is 2. The molecule has 0 amide bonds. The molecule has 0 bridgehead atoms. The highest BCUT2D eigenvalue weighted by Crippen LogP contribution is 2.38. The Balaban J connectivity index is 4.69. The summed E-state index contributed by atoms with van der Waals surface area (Å²) in [5, 5.41) is 20.7. The van der Waals surface area contributed by atoms with E-state index in [1.165, 1.54) is 38.5 Å². The van der Waals surface area contributed by atoms with Crippen molar-refractivity contribution >= 4 is 19.8 Å². The molecule has 334 valence electrons. The Labute approximate surface area is 352 Å². The summed E-state index contributed by atoms with van der Waals surface area (Å²) in [5.74, 6) is -1.17. The third-order valence-electron chi connectivity index (χ3n) is 8.90. The Morgan fingerprint density at radius 3 is 1.62 bits per heavy atom. The number of quaternary nitrogens is 1. The quantitative estimate of drug-likeness (QED) is 0.0202. The topological polar surface area (TPSA) is 152 Å². The van der Waals surface area contributed by atoms with E-state index in [1.807, 2.05) is 33.3 Å². The highest BCUT2D eigenvalue weighted by atomic mass is 31.2. The van der Waals surface area contributed by atoms with Crippen molar-refractivity contribution in [2.24, 2.45) is 0 Å². The largest absolute Gasteiger partial charge is 0.756 e. The lowest BCUT2D eigenvalue weighted by molar-refractivity contribution is -0.870. The molecular weight excluding hydrogens is 757 g/mol. The first-order chi connectivity index (χ1) is 27.8. The Bertz CT molecular complexity index is 1250. The van der Waals surface area contributed by atoms with Crippen LogP contribution in [0.15, 0.2) is 72.9 Å². The Morgan fingerprint density at radius 2 is 1.10 bits per heavy atom. The number of hydrogen-bond donors (Lipinski definition) is 2. The minimum atomic E-state index is -4.71. The van der Waals surface area contributed by atoms with Crippen molar-refractivity contribution in [2.75, 3.05) is 47.5 Å². The number of rotatable bonds is 38. The number of allylic oxidation sites excluding steroid dienone is 11. The number of ether oxygens (including phenoxy) is 2. The normalized spacial score (nSPS) is 15.4. The summed E-state index contributed by atoms with van der Waals surface area (Å²) in [6.45, 7) is 3.76. The lowest BCUT2D eigenvalue weighted by Gasteiger charge is -2.28. The van der Waals surface area contributed by atoms with Gasteiger partial charge in [0.2, 0.25) is 0 Å². The maximum absolute atomic E-state index is 12.7. The first kappa shape index (κ1) is 55.4. The number of esters is 2. The second kappa shape index (κ2) is 37.4. The van der Waals surface area contributed by atoms with Crippen molar-refractivity contribution < 1.29 is 52.3 Å². The van der Waals surface area contributed by atoms with Crippen LogP contribution in [0.5, 0.6) is 0 Å². The molecule has 2 N–H and O–H groups in total. The van der Waals surface area contributed by atoms with Gasteiger partial charge in [-0.3, -0.25) is 14.2 Å². The molecule has 0 radical (unpaired) electrons. The predicted octanol–water partition coefficient (Wildman–Crippen LogP) is 9.55. The van der Waals surface area contributed by atoms with E-state index >= 15 is 0 Å². The summed E-state index contributed by atoms with van der Waals surface area (Å²) in [6, 6.07) is 0. The van der Waals surface area contributed by atoms with E-state index in [0.717, 1.165) is 51.4 Å². The molecule has 0 aliphatic rings. The smallest absolute Gasteiger partial charge is 0.306 e. The van der Waals surface area contributed by atoms with Gasteiger partial charge in [0.25, 0.3) is 7.82 Å². The van der Waals surface area contributed by atoms with Gasteiger partial charge in [-0.25, -0.2) is 0 Å². The van der Waals surface area contributed by atoms with Gasteiger partial charge in [-0.05, 0) is 89.9 Å². The zero-order valence-corrected chi connectivity index (χ0v) is 37.6. The number of hydrogen-bond acceptors (Lipinski definition) is 10. The van der Waals surface area contributed by atoms with Gasteiger partial charge >= 0.3 is 11.9 Å². The van der Waals surface area contributed by atoms with E-state index in [9.17, 15) is 29.3 Å². The van der Waals surface area contributed by atoms with Crippen molar-refractivity contribution in [3.05, 3.63) is 72.9 Å². The summed E-state index contributed by atoms with van der Waals surface area (Å²) in [4.78, 5) is 37.6. The molecule has 3 unspecified atom stereocenters. The molecule has 0 aromatic heterocycles. The standard InChI is InChI=1S/C46H80NO10P/c1-6-8-10-12-14-16-18-20-21-22-24-26-28-30-32-36-46(51)57-42(41-56-58(52,53)55-39-38-47(3,4)5)40-54-45(50)37-33-35-44(49)43(48)34-31-29-27-25-23-19-17-15-13-11-9-7-2/h14-17,20-21,23-26,29,31,42-44,48-49H,6-13,18-19,22,27-28,30,32-41H2,1-5H3/b16-14-,17-15-,21-20-,25-23-,26-24-,31-29-/t42-,43?,44?/m1/s1. The average molecular weight is 838 g/mol. The molecule has 0 saturated heterocycles. The summed E-state index contributed by atoms with van der Waals surface area (Å²) in [5.41, 5.74) is 0. The highest BCUT2D eigenvalue weighted by Gasteiger charge is 2.22. The predicted molar refractivity (Wildman–Crippen MR) is 234 cm³/mol. The number of unbranched alkanes of at least 4 members (excludes halogenated alkanes) is 8. The summed E-state index contributed by atoms with van der Waals surface area (Å²) in [6.07, 6.45) is 38.2. The van der Waals surface area contributed by atoms with E-state index in [2.05, 4.69) is 74.6 Å². The number of aliphatic hydroxyl groups is 2. The molecule has 0 aliphatic carbocycles. The number of likely N-dealkylation sites (N-methyl/N-ethyl adjacent to an activating group) is 1. The van der Waals surface area contributed by atoms with Crippen molar-refractivity contribution in [1.29, 1.82) is 0 Å². The van der Waals surface area contributed by atoms with Crippen LogP contribution in [-0.4, -0.2) is 92.5 Å². The molecule has 58 heavy (non-hydrogen) atoms. The minimum absolute atomic E-state index is 0.0489. The van der Waals surface area contributed by atoms with Crippen LogP contribution in [0.1, 0.15) is 142 Å². The third-order valence-corrected chi connectivity index (χ3v) is 9.86. The van der Waals surface area contributed by atoms with E-state index < -0.39 is 51.3 Å². The van der Waals surface area contributed by atoms with E-state index in [1.54, 1.807) is 0 Å². The van der Waals surface area contributed by atoms with Gasteiger partial charge in [-0.2, -0.15) is 0 Å². The fraction of sp³-hybridized carbons (Fsp3) is 0.696. The van der Waals surface area contributed by atoms with Gasteiger partial charge in [-0.15, -0.1) is 0 Å². The van der Waals surface area contributed by atoms with E-state index in [-0.39, 0.29) is 32.3 Å². The number of phosphoric acid groups is 1. The zero-order valence-electron chi connectivity index (χ0n) is 36.7. The minimum Gasteiger partial charge on any atom is -0.756 e. The molecule has 0 saturated carbocycles. The van der Waals surface area contributed by atoms with Crippen LogP contribution in [0.2, 0.25) is 0 Å². The number of nitrogens with zero attached hydrogens (tertiary/aromatic N) is 1. The van der Waals surface area contributed by atoms with Crippen molar-refractivity contribution in [3.8, 4) is 0 Å². The second-order valence-corrected chi connectivity index (χ2v) is 17.1. The number of aliphatic hydroxyl groups excluding tert-OH is 2. The Morgan fingerprint density at radius 1 is 0.621 bits per heavy atom. The first-order valence-corrected chi connectivity index (χ1v) is 23.3. The first-order valence-electron chi connectivity index (χ1n) is 21.8. The van der Waals surface area contributed by atoms with Crippen LogP contribution in [0.4, 0.5) is 0 Å². The summed E-state index contributed by atoms with van der Waals surface area (Å²) < 4.78 is 33.6. The Kier molecular flexibility index (Phi) is 35.7. The molecule has 4 atom stereocenters. The zero-order chi connectivity index (χ0) is 43.2. The fourth-order valence-electron chi connectivity index (χ4n) is 5.29. The van der Waals surface area contributed by atoms with Gasteiger partial charge in [0.1, 0.15) is 19.8 Å². The molecule has 0 aliphatic heterocycles. The maximum Gasteiger partial charge on any atom is 0.306 e. The molecule has 0 aromatic rings. The molecule has 0 rings (SSSR count). The van der Waals surface area contributed by atoms with Crippen LogP contribution >= 0.6 is 7.82 Å². The highest BCUT2D eigenvalue weighted by molar-refractivity contribution is 7.45. The molecule has 0 spiro atoms. The number of phosphoric ester groups is 1. The van der Waals surface area contributed by atoms with Crippen LogP contribution in [0, 0.1) is 0 Å². The maximum atomic E-state index is 12.7. The van der Waals surface area contributed by atoms with Gasteiger partial charge in [-0.1, -0.05) is 112 Å². The van der Waals surface area contributed by atoms with Crippen LogP contribution in [0.25, 0.3) is 0 Å². The molecule has 11 nitrogen and oxygen atoms in total. The Hall–Kier alpha value is -2.63. The molecule has 0 heterocycles. The third kappa shape index (κ3) is 38.9.